The second kappa shape index (κ2) is 16.1. The molecule has 0 spiro atoms. The zero-order chi connectivity index (χ0) is 15.8. The number of hydrogen-bond acceptors (Lipinski definition) is 4. The molecule has 0 radical (unpaired) electrons. The highest BCUT2D eigenvalue weighted by Gasteiger charge is 2.05. The van der Waals surface area contributed by atoms with Crippen LogP contribution in [0.1, 0.15) is 70.6 Å². The first-order valence-electron chi connectivity index (χ1n) is 8.25. The van der Waals surface area contributed by atoms with E-state index in [9.17, 15) is 9.90 Å². The molecule has 5 heteroatoms. The van der Waals surface area contributed by atoms with Gasteiger partial charge in [0.05, 0.1) is 11.9 Å². The van der Waals surface area contributed by atoms with E-state index >= 15 is 0 Å². The highest BCUT2D eigenvalue weighted by atomic mass is 32.2. The lowest BCUT2D eigenvalue weighted by atomic mass is 10.0. The number of aliphatic hydroxyl groups excluding tert-OH is 2. The van der Waals surface area contributed by atoms with Crippen molar-refractivity contribution in [2.75, 3.05) is 18.1 Å². The Morgan fingerprint density at radius 3 is 1.81 bits per heavy atom. The molecular formula is C16H32O4S. The molecule has 4 nitrogen and oxygen atoms in total. The molecule has 0 bridgehead atoms. The van der Waals surface area contributed by atoms with Gasteiger partial charge in [-0.25, -0.2) is 0 Å². The Labute approximate surface area is 133 Å². The van der Waals surface area contributed by atoms with Crippen molar-refractivity contribution in [2.24, 2.45) is 0 Å². The number of carboxylic acid groups (broad SMARTS) is 1. The van der Waals surface area contributed by atoms with Gasteiger partial charge in [-0.05, 0) is 12.8 Å². The Morgan fingerprint density at radius 2 is 1.33 bits per heavy atom. The minimum Gasteiger partial charge on any atom is -0.481 e. The van der Waals surface area contributed by atoms with Crippen molar-refractivity contribution in [3.05, 3.63) is 0 Å². The van der Waals surface area contributed by atoms with E-state index < -0.39 is 5.97 Å². The van der Waals surface area contributed by atoms with Crippen LogP contribution in [-0.2, 0) is 4.79 Å². The third kappa shape index (κ3) is 17.7. The molecule has 21 heavy (non-hydrogen) atoms. The van der Waals surface area contributed by atoms with Gasteiger partial charge in [0, 0.05) is 12.4 Å². The third-order valence-electron chi connectivity index (χ3n) is 3.48. The van der Waals surface area contributed by atoms with Gasteiger partial charge in [-0.3, -0.25) is 4.79 Å². The molecule has 0 rings (SSSR count). The fraction of sp³-hybridized carbons (Fsp3) is 0.938. The van der Waals surface area contributed by atoms with Gasteiger partial charge in [0.2, 0.25) is 0 Å². The molecule has 0 heterocycles. The Morgan fingerprint density at radius 1 is 0.857 bits per heavy atom. The summed E-state index contributed by atoms with van der Waals surface area (Å²) in [4.78, 5) is 10.3. The standard InChI is InChI=1S/C16H32O4S/c17-12-10-8-6-4-2-1-3-5-7-9-11-15(18)13-21-14-16(19)20/h15,17-18H,1-14H2,(H,19,20). The van der Waals surface area contributed by atoms with Crippen LogP contribution in [0.25, 0.3) is 0 Å². The monoisotopic (exact) mass is 320 g/mol. The first kappa shape index (κ1) is 20.7. The lowest BCUT2D eigenvalue weighted by Crippen LogP contribution is -2.11. The smallest absolute Gasteiger partial charge is 0.313 e. The topological polar surface area (TPSA) is 77.8 Å². The minimum absolute atomic E-state index is 0.0787. The van der Waals surface area contributed by atoms with Crippen molar-refractivity contribution in [2.45, 2.75) is 76.7 Å². The summed E-state index contributed by atoms with van der Waals surface area (Å²) in [6, 6.07) is 0. The molecule has 0 aliphatic rings. The van der Waals surface area contributed by atoms with E-state index in [2.05, 4.69) is 0 Å². The van der Waals surface area contributed by atoms with Gasteiger partial charge >= 0.3 is 5.97 Å². The van der Waals surface area contributed by atoms with Crippen LogP contribution in [-0.4, -0.2) is 45.5 Å². The average Bonchev–Trinajstić information content (AvgIpc) is 2.44. The second-order valence-corrected chi connectivity index (χ2v) is 6.64. The van der Waals surface area contributed by atoms with Crippen LogP contribution < -0.4 is 0 Å². The average molecular weight is 320 g/mol. The molecule has 0 amide bonds. The number of carboxylic acids is 1. The maximum Gasteiger partial charge on any atom is 0.313 e. The number of thioether (sulfide) groups is 1. The highest BCUT2D eigenvalue weighted by molar-refractivity contribution is 7.99. The maximum atomic E-state index is 10.3. The van der Waals surface area contributed by atoms with Crippen molar-refractivity contribution >= 4 is 17.7 Å². The summed E-state index contributed by atoms with van der Waals surface area (Å²) in [7, 11) is 0. The Kier molecular flexibility index (Phi) is 15.9. The van der Waals surface area contributed by atoms with Crippen molar-refractivity contribution in [3.63, 3.8) is 0 Å². The lowest BCUT2D eigenvalue weighted by Gasteiger charge is -2.09. The van der Waals surface area contributed by atoms with E-state index in [4.69, 9.17) is 10.2 Å². The predicted molar refractivity (Wildman–Crippen MR) is 88.8 cm³/mol. The van der Waals surface area contributed by atoms with E-state index in [1.54, 1.807) is 0 Å². The minimum atomic E-state index is -0.816. The van der Waals surface area contributed by atoms with Crippen LogP contribution in [0.3, 0.4) is 0 Å². The van der Waals surface area contributed by atoms with Crippen LogP contribution >= 0.6 is 11.8 Å². The molecule has 3 N–H and O–H groups in total. The van der Waals surface area contributed by atoms with Crippen LogP contribution in [0.5, 0.6) is 0 Å². The fourth-order valence-electron chi connectivity index (χ4n) is 2.27. The molecule has 0 aliphatic carbocycles. The number of carbonyl (C=O) groups is 1. The van der Waals surface area contributed by atoms with Gasteiger partial charge in [-0.1, -0.05) is 57.8 Å². The molecule has 1 atom stereocenters. The lowest BCUT2D eigenvalue weighted by molar-refractivity contribution is -0.133. The summed E-state index contributed by atoms with van der Waals surface area (Å²) in [6.45, 7) is 0.320. The van der Waals surface area contributed by atoms with E-state index in [0.717, 1.165) is 32.1 Å². The predicted octanol–water partition coefficient (Wildman–Crippen LogP) is 3.45. The van der Waals surface area contributed by atoms with Crippen molar-refractivity contribution in [1.29, 1.82) is 0 Å². The number of hydrogen-bond donors (Lipinski definition) is 3. The summed E-state index contributed by atoms with van der Waals surface area (Å²) in [5.74, 6) is -0.209. The summed E-state index contributed by atoms with van der Waals surface area (Å²) in [6.07, 6.45) is 12.3. The zero-order valence-electron chi connectivity index (χ0n) is 13.1. The molecule has 126 valence electrons. The molecule has 0 fully saturated rings. The number of unbranched alkanes of at least 4 members (excludes halogenated alkanes) is 9. The van der Waals surface area contributed by atoms with Crippen LogP contribution in [0.2, 0.25) is 0 Å². The summed E-state index contributed by atoms with van der Waals surface area (Å²) < 4.78 is 0. The number of aliphatic hydroxyl groups is 2. The Balaban J connectivity index is 3.12. The third-order valence-corrected chi connectivity index (χ3v) is 4.55. The van der Waals surface area contributed by atoms with Crippen LogP contribution in [0.15, 0.2) is 0 Å². The number of aliphatic carboxylic acids is 1. The van der Waals surface area contributed by atoms with Gasteiger partial charge < -0.3 is 15.3 Å². The van der Waals surface area contributed by atoms with Crippen LogP contribution in [0.4, 0.5) is 0 Å². The molecule has 0 aromatic rings. The molecule has 0 saturated carbocycles. The van der Waals surface area contributed by atoms with Crippen molar-refractivity contribution < 1.29 is 20.1 Å². The first-order valence-corrected chi connectivity index (χ1v) is 9.40. The molecule has 0 aromatic heterocycles. The van der Waals surface area contributed by atoms with Gasteiger partial charge in [0.25, 0.3) is 0 Å². The largest absolute Gasteiger partial charge is 0.481 e. The van der Waals surface area contributed by atoms with Crippen molar-refractivity contribution in [1.82, 2.24) is 0 Å². The van der Waals surface area contributed by atoms with E-state index in [0.29, 0.717) is 12.4 Å². The highest BCUT2D eigenvalue weighted by Crippen LogP contribution is 2.13. The molecule has 0 saturated heterocycles. The summed E-state index contributed by atoms with van der Waals surface area (Å²) in [5.41, 5.74) is 0. The SMILES string of the molecule is O=C(O)CSCC(O)CCCCCCCCCCCCO. The van der Waals surface area contributed by atoms with Crippen molar-refractivity contribution in [3.8, 4) is 0 Å². The van der Waals surface area contributed by atoms with Gasteiger partial charge in [-0.2, -0.15) is 0 Å². The first-order chi connectivity index (χ1) is 10.2. The summed E-state index contributed by atoms with van der Waals surface area (Å²) in [5, 5.41) is 26.8. The molecular weight excluding hydrogens is 288 g/mol. The van der Waals surface area contributed by atoms with Gasteiger partial charge in [0.15, 0.2) is 0 Å². The number of rotatable bonds is 16. The Bertz CT molecular complexity index is 236. The second-order valence-electron chi connectivity index (χ2n) is 5.61. The Hall–Kier alpha value is -0.260. The molecule has 1 unspecified atom stereocenters. The quantitative estimate of drug-likeness (QED) is 0.380. The van der Waals surface area contributed by atoms with Gasteiger partial charge in [-0.15, -0.1) is 11.8 Å². The fourth-order valence-corrected chi connectivity index (χ4v) is 3.00. The van der Waals surface area contributed by atoms with E-state index in [1.807, 2.05) is 0 Å². The normalized spacial score (nSPS) is 12.5. The van der Waals surface area contributed by atoms with Crippen LogP contribution in [0, 0.1) is 0 Å². The maximum absolute atomic E-state index is 10.3. The van der Waals surface area contributed by atoms with Gasteiger partial charge in [0.1, 0.15) is 0 Å². The van der Waals surface area contributed by atoms with E-state index in [1.165, 1.54) is 50.3 Å². The molecule has 0 aromatic carbocycles. The summed E-state index contributed by atoms with van der Waals surface area (Å²) >= 11 is 1.29. The zero-order valence-corrected chi connectivity index (χ0v) is 14.0. The molecule has 0 aliphatic heterocycles. The van der Waals surface area contributed by atoms with E-state index in [-0.39, 0.29) is 11.9 Å².